The van der Waals surface area contributed by atoms with Crippen LogP contribution in [0.1, 0.15) is 47.0 Å². The second kappa shape index (κ2) is 7.21. The molecule has 0 spiro atoms. The SMILES string of the molecule is Cc1ccc(C2CC(C)CCN2C(=O)CNC(=O)c2cccs2)o1. The normalized spacial score (nSPS) is 20.8. The molecule has 0 saturated carbocycles. The number of nitrogens with zero attached hydrogens (tertiary/aromatic N) is 1. The molecule has 6 heteroatoms. The fraction of sp³-hybridized carbons (Fsp3) is 0.444. The van der Waals surface area contributed by atoms with Crippen molar-refractivity contribution < 1.29 is 14.0 Å². The summed E-state index contributed by atoms with van der Waals surface area (Å²) in [5.41, 5.74) is 0. The summed E-state index contributed by atoms with van der Waals surface area (Å²) in [7, 11) is 0. The topological polar surface area (TPSA) is 62.6 Å². The van der Waals surface area contributed by atoms with Gasteiger partial charge in [0.05, 0.1) is 17.5 Å². The van der Waals surface area contributed by atoms with Gasteiger partial charge in [0.15, 0.2) is 0 Å². The zero-order valence-electron chi connectivity index (χ0n) is 14.0. The van der Waals surface area contributed by atoms with Crippen molar-refractivity contribution >= 4 is 23.2 Å². The second-order valence-corrected chi connectivity index (χ2v) is 7.29. The average molecular weight is 346 g/mol. The third-order valence-electron chi connectivity index (χ3n) is 4.42. The summed E-state index contributed by atoms with van der Waals surface area (Å²) in [6.45, 7) is 4.81. The summed E-state index contributed by atoms with van der Waals surface area (Å²) in [4.78, 5) is 27.1. The Hall–Kier alpha value is -2.08. The first-order chi connectivity index (χ1) is 11.5. The first kappa shape index (κ1) is 16.8. The lowest BCUT2D eigenvalue weighted by molar-refractivity contribution is -0.135. The first-order valence-corrected chi connectivity index (χ1v) is 9.10. The van der Waals surface area contributed by atoms with Gasteiger partial charge in [-0.25, -0.2) is 0 Å². The summed E-state index contributed by atoms with van der Waals surface area (Å²) in [6, 6.07) is 7.40. The Bertz CT molecular complexity index is 708. The van der Waals surface area contributed by atoms with E-state index in [1.807, 2.05) is 35.4 Å². The molecule has 2 atom stereocenters. The molecule has 2 aromatic heterocycles. The van der Waals surface area contributed by atoms with Crippen molar-refractivity contribution in [2.75, 3.05) is 13.1 Å². The third kappa shape index (κ3) is 3.70. The number of furan rings is 1. The molecule has 24 heavy (non-hydrogen) atoms. The third-order valence-corrected chi connectivity index (χ3v) is 5.29. The van der Waals surface area contributed by atoms with Gasteiger partial charge in [0.1, 0.15) is 11.5 Å². The van der Waals surface area contributed by atoms with Gasteiger partial charge >= 0.3 is 0 Å². The molecule has 5 nitrogen and oxygen atoms in total. The molecular formula is C18H22N2O3S. The van der Waals surface area contributed by atoms with Gasteiger partial charge in [-0.05, 0) is 49.3 Å². The maximum Gasteiger partial charge on any atom is 0.261 e. The van der Waals surface area contributed by atoms with Gasteiger partial charge in [-0.2, -0.15) is 0 Å². The molecular weight excluding hydrogens is 324 g/mol. The highest BCUT2D eigenvalue weighted by atomic mass is 32.1. The maximum absolute atomic E-state index is 12.6. The van der Waals surface area contributed by atoms with E-state index in [-0.39, 0.29) is 24.4 Å². The van der Waals surface area contributed by atoms with Crippen LogP contribution in [0, 0.1) is 12.8 Å². The van der Waals surface area contributed by atoms with Gasteiger partial charge in [-0.1, -0.05) is 13.0 Å². The molecule has 2 unspecified atom stereocenters. The molecule has 2 aromatic rings. The predicted octanol–water partition coefficient (Wildman–Crippen LogP) is 3.38. The van der Waals surface area contributed by atoms with Crippen LogP contribution in [0.2, 0.25) is 0 Å². The van der Waals surface area contributed by atoms with Crippen molar-refractivity contribution in [3.63, 3.8) is 0 Å². The van der Waals surface area contributed by atoms with Crippen molar-refractivity contribution in [2.45, 2.75) is 32.7 Å². The van der Waals surface area contributed by atoms with E-state index in [0.717, 1.165) is 24.4 Å². The van der Waals surface area contributed by atoms with Crippen molar-refractivity contribution in [1.82, 2.24) is 10.2 Å². The molecule has 2 amide bonds. The van der Waals surface area contributed by atoms with Gasteiger partial charge in [-0.3, -0.25) is 9.59 Å². The lowest BCUT2D eigenvalue weighted by Gasteiger charge is -2.37. The van der Waals surface area contributed by atoms with E-state index in [1.165, 1.54) is 11.3 Å². The van der Waals surface area contributed by atoms with Crippen molar-refractivity contribution in [3.05, 3.63) is 46.0 Å². The number of likely N-dealkylation sites (tertiary alicyclic amines) is 1. The molecule has 3 rings (SSSR count). The van der Waals surface area contributed by atoms with Gasteiger partial charge < -0.3 is 14.6 Å². The number of carbonyl (C=O) groups excluding carboxylic acids is 2. The summed E-state index contributed by atoms with van der Waals surface area (Å²) < 4.78 is 5.76. The molecule has 0 radical (unpaired) electrons. The van der Waals surface area contributed by atoms with E-state index in [0.29, 0.717) is 17.3 Å². The largest absolute Gasteiger partial charge is 0.464 e. The van der Waals surface area contributed by atoms with Crippen LogP contribution >= 0.6 is 11.3 Å². The molecule has 1 aliphatic rings. The Labute approximate surface area is 145 Å². The van der Waals surface area contributed by atoms with Crippen LogP contribution in [0.15, 0.2) is 34.1 Å². The van der Waals surface area contributed by atoms with Gasteiger partial charge in [0.25, 0.3) is 5.91 Å². The smallest absolute Gasteiger partial charge is 0.261 e. The Kier molecular flexibility index (Phi) is 5.04. The fourth-order valence-corrected chi connectivity index (χ4v) is 3.73. The van der Waals surface area contributed by atoms with E-state index in [9.17, 15) is 9.59 Å². The minimum atomic E-state index is -0.200. The van der Waals surface area contributed by atoms with Crippen LogP contribution in [0.5, 0.6) is 0 Å². The van der Waals surface area contributed by atoms with Crippen LogP contribution in [0.25, 0.3) is 0 Å². The average Bonchev–Trinajstić information content (AvgIpc) is 3.23. The van der Waals surface area contributed by atoms with E-state index >= 15 is 0 Å². The lowest BCUT2D eigenvalue weighted by atomic mass is 9.91. The van der Waals surface area contributed by atoms with Crippen molar-refractivity contribution in [2.24, 2.45) is 5.92 Å². The summed E-state index contributed by atoms with van der Waals surface area (Å²) in [5.74, 6) is 1.96. The monoisotopic (exact) mass is 346 g/mol. The molecule has 3 heterocycles. The van der Waals surface area contributed by atoms with Crippen LogP contribution < -0.4 is 5.32 Å². The maximum atomic E-state index is 12.6. The lowest BCUT2D eigenvalue weighted by Crippen LogP contribution is -2.45. The van der Waals surface area contributed by atoms with Crippen LogP contribution in [-0.2, 0) is 4.79 Å². The Morgan fingerprint density at radius 1 is 1.38 bits per heavy atom. The zero-order valence-corrected chi connectivity index (χ0v) is 14.8. The molecule has 0 aliphatic carbocycles. The minimum absolute atomic E-state index is 0.0152. The van der Waals surface area contributed by atoms with E-state index < -0.39 is 0 Å². The van der Waals surface area contributed by atoms with Crippen molar-refractivity contribution in [1.29, 1.82) is 0 Å². The Morgan fingerprint density at radius 3 is 2.88 bits per heavy atom. The fourth-order valence-electron chi connectivity index (χ4n) is 3.09. The minimum Gasteiger partial charge on any atom is -0.464 e. The Balaban J connectivity index is 1.66. The number of hydrogen-bond acceptors (Lipinski definition) is 4. The van der Waals surface area contributed by atoms with E-state index in [2.05, 4.69) is 12.2 Å². The number of piperidine rings is 1. The molecule has 1 N–H and O–H groups in total. The Morgan fingerprint density at radius 2 is 2.21 bits per heavy atom. The van der Waals surface area contributed by atoms with Gasteiger partial charge in [-0.15, -0.1) is 11.3 Å². The number of thiophene rings is 1. The molecule has 1 fully saturated rings. The molecule has 1 saturated heterocycles. The van der Waals surface area contributed by atoms with E-state index in [1.54, 1.807) is 6.07 Å². The van der Waals surface area contributed by atoms with Gasteiger partial charge in [0, 0.05) is 6.54 Å². The summed E-state index contributed by atoms with van der Waals surface area (Å²) in [6.07, 6.45) is 1.86. The highest BCUT2D eigenvalue weighted by molar-refractivity contribution is 7.12. The number of amides is 2. The number of carbonyl (C=O) groups is 2. The highest BCUT2D eigenvalue weighted by Gasteiger charge is 2.32. The van der Waals surface area contributed by atoms with Crippen LogP contribution in [0.3, 0.4) is 0 Å². The summed E-state index contributed by atoms with van der Waals surface area (Å²) in [5, 5.41) is 4.57. The molecule has 0 aromatic carbocycles. The van der Waals surface area contributed by atoms with Crippen LogP contribution in [0.4, 0.5) is 0 Å². The van der Waals surface area contributed by atoms with Crippen molar-refractivity contribution in [3.8, 4) is 0 Å². The van der Waals surface area contributed by atoms with Gasteiger partial charge in [0.2, 0.25) is 5.91 Å². The second-order valence-electron chi connectivity index (χ2n) is 6.34. The summed E-state index contributed by atoms with van der Waals surface area (Å²) >= 11 is 1.37. The number of rotatable bonds is 4. The molecule has 128 valence electrons. The van der Waals surface area contributed by atoms with Crippen LogP contribution in [-0.4, -0.2) is 29.8 Å². The highest BCUT2D eigenvalue weighted by Crippen LogP contribution is 2.34. The predicted molar refractivity (Wildman–Crippen MR) is 92.9 cm³/mol. The number of hydrogen-bond donors (Lipinski definition) is 1. The molecule has 1 aliphatic heterocycles. The number of nitrogens with one attached hydrogen (secondary N) is 1. The molecule has 0 bridgehead atoms. The first-order valence-electron chi connectivity index (χ1n) is 8.22. The zero-order chi connectivity index (χ0) is 17.1. The standard InChI is InChI=1S/C18H22N2O3S/c1-12-7-8-20(14(10-12)15-6-5-13(2)23-15)17(21)11-19-18(22)16-4-3-9-24-16/h3-6,9,12,14H,7-8,10-11H2,1-2H3,(H,19,22). The quantitative estimate of drug-likeness (QED) is 0.923. The van der Waals surface area contributed by atoms with E-state index in [4.69, 9.17) is 4.42 Å². The number of aryl methyl sites for hydroxylation is 1.